The monoisotopic (exact) mass is 227 g/mol. The molecule has 0 aromatic carbocycles. The summed E-state index contributed by atoms with van der Waals surface area (Å²) in [5.41, 5.74) is 0.197. The van der Waals surface area contributed by atoms with Crippen molar-refractivity contribution in [1.82, 2.24) is 14.5 Å². The molecule has 2 aromatic heterocycles. The van der Waals surface area contributed by atoms with E-state index in [1.807, 2.05) is 0 Å². The van der Waals surface area contributed by atoms with E-state index in [4.69, 9.17) is 16.7 Å². The minimum atomic E-state index is -1.09. The van der Waals surface area contributed by atoms with E-state index >= 15 is 0 Å². The molecule has 7 heteroatoms. The fraction of sp³-hybridized carbons (Fsp3) is 0.125. The van der Waals surface area contributed by atoms with Crippen LogP contribution in [0.15, 0.2) is 16.9 Å². The van der Waals surface area contributed by atoms with E-state index < -0.39 is 18.2 Å². The van der Waals surface area contributed by atoms with Crippen molar-refractivity contribution in [2.75, 3.05) is 0 Å². The molecule has 2 aromatic rings. The number of nitrogens with one attached hydrogen (secondary N) is 1. The first-order chi connectivity index (χ1) is 7.08. The van der Waals surface area contributed by atoms with Gasteiger partial charge in [-0.3, -0.25) is 14.3 Å². The zero-order valence-corrected chi connectivity index (χ0v) is 8.15. The van der Waals surface area contributed by atoms with Crippen molar-refractivity contribution < 1.29 is 9.90 Å². The molecule has 0 aliphatic carbocycles. The average Bonchev–Trinajstić information content (AvgIpc) is 2.41. The number of aromatic nitrogens is 3. The molecule has 0 bridgehead atoms. The second-order valence-electron chi connectivity index (χ2n) is 2.91. The summed E-state index contributed by atoms with van der Waals surface area (Å²) < 4.78 is 1.08. The normalized spacial score (nSPS) is 10.7. The van der Waals surface area contributed by atoms with Gasteiger partial charge in [-0.1, -0.05) is 11.6 Å². The quantitative estimate of drug-likeness (QED) is 0.730. The molecule has 15 heavy (non-hydrogen) atoms. The maximum Gasteiger partial charge on any atom is 0.328 e. The summed E-state index contributed by atoms with van der Waals surface area (Å²) >= 11 is 5.63. The number of H-pyrrole nitrogens is 1. The van der Waals surface area contributed by atoms with Gasteiger partial charge in [0.15, 0.2) is 5.65 Å². The molecule has 0 radical (unpaired) electrons. The Morgan fingerprint density at radius 2 is 2.33 bits per heavy atom. The van der Waals surface area contributed by atoms with Gasteiger partial charge in [-0.15, -0.1) is 0 Å². The lowest BCUT2D eigenvalue weighted by atomic mass is 10.4. The number of nitrogens with zero attached hydrogens (tertiary/aromatic N) is 2. The fourth-order valence-corrected chi connectivity index (χ4v) is 1.46. The van der Waals surface area contributed by atoms with Crippen LogP contribution in [-0.4, -0.2) is 25.6 Å². The number of aromatic amines is 1. The van der Waals surface area contributed by atoms with E-state index in [0.29, 0.717) is 5.52 Å². The Hall–Kier alpha value is -1.82. The number of fused-ring (bicyclic) bond motifs is 1. The van der Waals surface area contributed by atoms with Gasteiger partial charge in [0.1, 0.15) is 11.7 Å². The molecule has 2 rings (SSSR count). The Bertz CT molecular complexity index is 586. The highest BCUT2D eigenvalue weighted by Crippen LogP contribution is 2.11. The molecule has 0 spiro atoms. The van der Waals surface area contributed by atoms with Crippen LogP contribution in [0.1, 0.15) is 0 Å². The number of hydrogen-bond donors (Lipinski definition) is 2. The van der Waals surface area contributed by atoms with Gasteiger partial charge >= 0.3 is 11.7 Å². The highest BCUT2D eigenvalue weighted by atomic mass is 35.5. The van der Waals surface area contributed by atoms with Crippen LogP contribution in [0.5, 0.6) is 0 Å². The van der Waals surface area contributed by atoms with Crippen LogP contribution in [0.3, 0.4) is 0 Å². The Morgan fingerprint density at radius 3 is 3.00 bits per heavy atom. The van der Waals surface area contributed by atoms with Gasteiger partial charge in [-0.2, -0.15) is 0 Å². The second-order valence-corrected chi connectivity index (χ2v) is 3.30. The summed E-state index contributed by atoms with van der Waals surface area (Å²) in [6, 6.07) is 3.04. The first-order valence-corrected chi connectivity index (χ1v) is 4.42. The van der Waals surface area contributed by atoms with Crippen molar-refractivity contribution in [3.05, 3.63) is 27.8 Å². The van der Waals surface area contributed by atoms with E-state index in [0.717, 1.165) is 4.57 Å². The molecule has 0 aliphatic rings. The third kappa shape index (κ3) is 1.71. The van der Waals surface area contributed by atoms with Gasteiger partial charge in [0, 0.05) is 0 Å². The molecule has 0 saturated carbocycles. The van der Waals surface area contributed by atoms with Gasteiger partial charge in [-0.25, -0.2) is 9.78 Å². The van der Waals surface area contributed by atoms with Crippen LogP contribution in [0.2, 0.25) is 5.15 Å². The van der Waals surface area contributed by atoms with E-state index in [-0.39, 0.29) is 10.8 Å². The number of aliphatic carboxylic acids is 1. The van der Waals surface area contributed by atoms with E-state index in [1.165, 1.54) is 6.07 Å². The number of pyridine rings is 1. The number of carbonyl (C=O) groups is 1. The standard InChI is InChI=1S/C8H6ClN3O3/c9-5-2-1-4-7(10-5)11-8(15)12(4)3-6(13)14/h1-2H,3H2,(H,13,14)(H,10,11,15). The maximum atomic E-state index is 11.3. The summed E-state index contributed by atoms with van der Waals surface area (Å²) in [6.07, 6.45) is 0. The lowest BCUT2D eigenvalue weighted by Crippen LogP contribution is -2.21. The average molecular weight is 228 g/mol. The number of imidazole rings is 1. The Kier molecular flexibility index (Phi) is 2.20. The third-order valence-electron chi connectivity index (χ3n) is 1.89. The second kappa shape index (κ2) is 3.39. The first kappa shape index (κ1) is 9.72. The molecule has 0 fully saturated rings. The predicted molar refractivity (Wildman–Crippen MR) is 53.0 cm³/mol. The van der Waals surface area contributed by atoms with Crippen molar-refractivity contribution in [2.24, 2.45) is 0 Å². The molecule has 0 atom stereocenters. The largest absolute Gasteiger partial charge is 0.480 e. The lowest BCUT2D eigenvalue weighted by molar-refractivity contribution is -0.137. The van der Waals surface area contributed by atoms with Crippen molar-refractivity contribution in [3.8, 4) is 0 Å². The SMILES string of the molecule is O=C(O)Cn1c(=O)[nH]c2nc(Cl)ccc21. The molecule has 0 aliphatic heterocycles. The number of rotatable bonds is 2. The fourth-order valence-electron chi connectivity index (χ4n) is 1.31. The molecule has 6 nitrogen and oxygen atoms in total. The van der Waals surface area contributed by atoms with Gasteiger partial charge in [-0.05, 0) is 12.1 Å². The molecule has 0 unspecified atom stereocenters. The smallest absolute Gasteiger partial charge is 0.328 e. The summed E-state index contributed by atoms with van der Waals surface area (Å²) in [5.74, 6) is -1.09. The highest BCUT2D eigenvalue weighted by molar-refractivity contribution is 6.29. The van der Waals surface area contributed by atoms with Gasteiger partial charge < -0.3 is 5.11 Å². The molecule has 2 N–H and O–H groups in total. The Morgan fingerprint density at radius 1 is 1.60 bits per heavy atom. The van der Waals surface area contributed by atoms with Crippen LogP contribution in [0.25, 0.3) is 11.2 Å². The molecular weight excluding hydrogens is 222 g/mol. The number of carboxylic acids is 1. The number of hydrogen-bond acceptors (Lipinski definition) is 3. The maximum absolute atomic E-state index is 11.3. The van der Waals surface area contributed by atoms with Gasteiger partial charge in [0.2, 0.25) is 0 Å². The van der Waals surface area contributed by atoms with Crippen LogP contribution in [-0.2, 0) is 11.3 Å². The van der Waals surface area contributed by atoms with Crippen molar-refractivity contribution >= 4 is 28.7 Å². The van der Waals surface area contributed by atoms with Crippen LogP contribution in [0, 0.1) is 0 Å². The highest BCUT2D eigenvalue weighted by Gasteiger charge is 2.10. The summed E-state index contributed by atoms with van der Waals surface area (Å²) in [6.45, 7) is -0.401. The zero-order valence-electron chi connectivity index (χ0n) is 7.40. The number of halogens is 1. The molecule has 78 valence electrons. The van der Waals surface area contributed by atoms with Gasteiger partial charge in [0.05, 0.1) is 5.52 Å². The topological polar surface area (TPSA) is 88.0 Å². The lowest BCUT2D eigenvalue weighted by Gasteiger charge is -1.97. The third-order valence-corrected chi connectivity index (χ3v) is 2.11. The first-order valence-electron chi connectivity index (χ1n) is 4.05. The molecule has 0 amide bonds. The van der Waals surface area contributed by atoms with E-state index in [1.54, 1.807) is 6.07 Å². The van der Waals surface area contributed by atoms with E-state index in [9.17, 15) is 9.59 Å². The van der Waals surface area contributed by atoms with Crippen LogP contribution in [0.4, 0.5) is 0 Å². The molecular formula is C8H6ClN3O3. The van der Waals surface area contributed by atoms with Crippen LogP contribution < -0.4 is 5.69 Å². The summed E-state index contributed by atoms with van der Waals surface area (Å²) in [5, 5.41) is 8.85. The van der Waals surface area contributed by atoms with Crippen molar-refractivity contribution in [2.45, 2.75) is 6.54 Å². The predicted octanol–water partition coefficient (Wildman–Crippen LogP) is 0.463. The Balaban J connectivity index is 2.68. The van der Waals surface area contributed by atoms with E-state index in [2.05, 4.69) is 9.97 Å². The summed E-state index contributed by atoms with van der Waals surface area (Å²) in [7, 11) is 0. The minimum Gasteiger partial charge on any atom is -0.480 e. The van der Waals surface area contributed by atoms with Crippen molar-refractivity contribution in [3.63, 3.8) is 0 Å². The molecule has 2 heterocycles. The number of carboxylic acid groups (broad SMARTS) is 1. The Labute approximate surface area is 88.1 Å². The van der Waals surface area contributed by atoms with Gasteiger partial charge in [0.25, 0.3) is 0 Å². The summed E-state index contributed by atoms with van der Waals surface area (Å²) in [4.78, 5) is 28.1. The zero-order chi connectivity index (χ0) is 11.0. The minimum absolute atomic E-state index is 0.242. The van der Waals surface area contributed by atoms with Crippen molar-refractivity contribution in [1.29, 1.82) is 0 Å². The molecule has 0 saturated heterocycles. The van der Waals surface area contributed by atoms with Crippen LogP contribution >= 0.6 is 11.6 Å².